The Labute approximate surface area is 195 Å². The Morgan fingerprint density at radius 1 is 1.12 bits per heavy atom. The van der Waals surface area contributed by atoms with E-state index in [4.69, 9.17) is 9.72 Å². The number of thioether (sulfide) groups is 1. The van der Waals surface area contributed by atoms with Crippen LogP contribution in [0, 0.1) is 0 Å². The molecule has 1 saturated carbocycles. The van der Waals surface area contributed by atoms with Gasteiger partial charge in [0.05, 0.1) is 22.9 Å². The summed E-state index contributed by atoms with van der Waals surface area (Å²) in [5.74, 6) is 0.631. The van der Waals surface area contributed by atoms with Crippen molar-refractivity contribution in [3.63, 3.8) is 0 Å². The molecular formula is C22H26N6O2S2. The molecule has 3 N–H and O–H groups in total. The number of hydrogen-bond acceptors (Lipinski definition) is 9. The highest BCUT2D eigenvalue weighted by Crippen LogP contribution is 2.31. The highest BCUT2D eigenvalue weighted by atomic mass is 32.2. The van der Waals surface area contributed by atoms with Gasteiger partial charge in [-0.1, -0.05) is 11.3 Å². The highest BCUT2D eigenvalue weighted by molar-refractivity contribution is 7.98. The van der Waals surface area contributed by atoms with Crippen LogP contribution in [-0.2, 0) is 4.74 Å². The number of anilines is 2. The van der Waals surface area contributed by atoms with Crippen molar-refractivity contribution in [1.82, 2.24) is 20.3 Å². The van der Waals surface area contributed by atoms with Crippen molar-refractivity contribution in [2.75, 3.05) is 30.1 Å². The number of aromatic nitrogens is 3. The highest BCUT2D eigenvalue weighted by Gasteiger charge is 2.26. The Balaban J connectivity index is 1.18. The van der Waals surface area contributed by atoms with Crippen LogP contribution in [0.3, 0.4) is 0 Å². The van der Waals surface area contributed by atoms with Crippen molar-refractivity contribution < 1.29 is 9.53 Å². The van der Waals surface area contributed by atoms with Crippen LogP contribution in [0.4, 0.5) is 11.1 Å². The summed E-state index contributed by atoms with van der Waals surface area (Å²) in [4.78, 5) is 27.1. The van der Waals surface area contributed by atoms with Gasteiger partial charge in [-0.25, -0.2) is 15.0 Å². The number of ether oxygens (including phenoxy) is 1. The molecule has 1 amide bonds. The maximum atomic E-state index is 12.5. The van der Waals surface area contributed by atoms with Crippen molar-refractivity contribution in [1.29, 1.82) is 0 Å². The first-order valence-electron chi connectivity index (χ1n) is 10.8. The second-order valence-electron chi connectivity index (χ2n) is 8.18. The summed E-state index contributed by atoms with van der Waals surface area (Å²) in [6.07, 6.45) is 9.70. The number of carbonyl (C=O) groups excluding carboxylic acids is 1. The number of nitrogens with zero attached hydrogens (tertiary/aromatic N) is 3. The molecule has 1 aliphatic carbocycles. The van der Waals surface area contributed by atoms with Crippen LogP contribution in [-0.4, -0.2) is 58.5 Å². The molecule has 0 spiro atoms. The van der Waals surface area contributed by atoms with E-state index in [2.05, 4.69) is 25.9 Å². The molecule has 10 heteroatoms. The van der Waals surface area contributed by atoms with E-state index in [0.29, 0.717) is 36.8 Å². The fourth-order valence-corrected chi connectivity index (χ4v) is 5.44. The maximum absolute atomic E-state index is 12.5. The van der Waals surface area contributed by atoms with Crippen LogP contribution in [0.1, 0.15) is 36.0 Å². The number of amides is 1. The molecule has 2 aliphatic rings. The van der Waals surface area contributed by atoms with Crippen molar-refractivity contribution in [3.8, 4) is 0 Å². The lowest BCUT2D eigenvalue weighted by Crippen LogP contribution is -2.34. The van der Waals surface area contributed by atoms with Gasteiger partial charge in [-0.05, 0) is 50.1 Å². The first-order valence-corrected chi connectivity index (χ1v) is 12.9. The van der Waals surface area contributed by atoms with E-state index in [-0.39, 0.29) is 11.9 Å². The number of fused-ring (bicyclic) bond motifs is 1. The van der Waals surface area contributed by atoms with Crippen molar-refractivity contribution in [2.24, 2.45) is 0 Å². The lowest BCUT2D eigenvalue weighted by atomic mass is 10.2. The van der Waals surface area contributed by atoms with Gasteiger partial charge >= 0.3 is 0 Å². The molecule has 1 unspecified atom stereocenters. The third-order valence-electron chi connectivity index (χ3n) is 5.87. The summed E-state index contributed by atoms with van der Waals surface area (Å²) >= 11 is 3.23. The molecule has 168 valence electrons. The van der Waals surface area contributed by atoms with Gasteiger partial charge < -0.3 is 20.7 Å². The molecule has 3 aromatic rings. The van der Waals surface area contributed by atoms with Crippen molar-refractivity contribution in [3.05, 3.63) is 36.2 Å². The number of rotatable bonds is 7. The van der Waals surface area contributed by atoms with Crippen LogP contribution in [0.5, 0.6) is 0 Å². The Morgan fingerprint density at radius 2 is 1.94 bits per heavy atom. The van der Waals surface area contributed by atoms with Crippen LogP contribution in [0.15, 0.2) is 35.5 Å². The minimum absolute atomic E-state index is 0.0530. The van der Waals surface area contributed by atoms with E-state index >= 15 is 0 Å². The van der Waals surface area contributed by atoms with E-state index in [1.807, 2.05) is 36.8 Å². The minimum Gasteiger partial charge on any atom is -0.379 e. The van der Waals surface area contributed by atoms with Crippen molar-refractivity contribution in [2.45, 2.75) is 48.7 Å². The molecule has 1 aromatic carbocycles. The maximum Gasteiger partial charge on any atom is 0.251 e. The Bertz CT molecular complexity index is 1080. The second kappa shape index (κ2) is 9.60. The molecule has 3 atom stereocenters. The third kappa shape index (κ3) is 4.97. The monoisotopic (exact) mass is 470 g/mol. The van der Waals surface area contributed by atoms with Gasteiger partial charge in [-0.2, -0.15) is 0 Å². The molecule has 3 heterocycles. The van der Waals surface area contributed by atoms with Gasteiger partial charge in [0.25, 0.3) is 5.91 Å². The lowest BCUT2D eigenvalue weighted by molar-refractivity contribution is 0.0930. The average molecular weight is 471 g/mol. The summed E-state index contributed by atoms with van der Waals surface area (Å²) in [7, 11) is 0. The molecule has 2 fully saturated rings. The number of benzene rings is 1. The molecular weight excluding hydrogens is 444 g/mol. The van der Waals surface area contributed by atoms with E-state index in [1.165, 1.54) is 0 Å². The van der Waals surface area contributed by atoms with Crippen LogP contribution < -0.4 is 16.0 Å². The average Bonchev–Trinajstić information content (AvgIpc) is 3.55. The smallest absolute Gasteiger partial charge is 0.251 e. The van der Waals surface area contributed by atoms with Gasteiger partial charge in [-0.3, -0.25) is 4.79 Å². The molecule has 32 heavy (non-hydrogen) atoms. The van der Waals surface area contributed by atoms with E-state index in [9.17, 15) is 4.79 Å². The van der Waals surface area contributed by atoms with E-state index in [1.54, 1.807) is 23.1 Å². The lowest BCUT2D eigenvalue weighted by Gasteiger charge is -2.14. The van der Waals surface area contributed by atoms with Gasteiger partial charge in [0, 0.05) is 41.5 Å². The minimum atomic E-state index is -0.0530. The summed E-state index contributed by atoms with van der Waals surface area (Å²) < 4.78 is 6.35. The van der Waals surface area contributed by atoms with Crippen LogP contribution in [0.2, 0.25) is 0 Å². The van der Waals surface area contributed by atoms with Crippen molar-refractivity contribution >= 4 is 50.3 Å². The van der Waals surface area contributed by atoms with E-state index < -0.39 is 0 Å². The van der Waals surface area contributed by atoms with Gasteiger partial charge in [-0.15, -0.1) is 11.8 Å². The number of thiazole rings is 1. The number of carbonyl (C=O) groups is 1. The SMILES string of the molecule is CSc1cnc(N[C@H]2CC[C@H](Nc3nc4ccc(C(=O)NC5CCOC5)cc4s3)C2)nc1. The largest absolute Gasteiger partial charge is 0.379 e. The topological polar surface area (TPSA) is 101 Å². The fourth-order valence-electron chi connectivity index (χ4n) is 4.14. The molecule has 1 saturated heterocycles. The zero-order chi connectivity index (χ0) is 21.9. The quantitative estimate of drug-likeness (QED) is 0.449. The molecule has 1 aliphatic heterocycles. The summed E-state index contributed by atoms with van der Waals surface area (Å²) in [5.41, 5.74) is 1.57. The zero-order valence-electron chi connectivity index (χ0n) is 17.8. The predicted molar refractivity (Wildman–Crippen MR) is 129 cm³/mol. The fraction of sp³-hybridized carbons (Fsp3) is 0.455. The first kappa shape index (κ1) is 21.4. The molecule has 0 radical (unpaired) electrons. The molecule has 8 nitrogen and oxygen atoms in total. The third-order valence-corrected chi connectivity index (χ3v) is 7.50. The summed E-state index contributed by atoms with van der Waals surface area (Å²) in [6.45, 7) is 1.30. The first-order chi connectivity index (χ1) is 15.7. The number of hydrogen-bond donors (Lipinski definition) is 3. The van der Waals surface area contributed by atoms with Crippen LogP contribution >= 0.6 is 23.1 Å². The van der Waals surface area contributed by atoms with Gasteiger partial charge in [0.1, 0.15) is 0 Å². The zero-order valence-corrected chi connectivity index (χ0v) is 19.5. The summed E-state index contributed by atoms with van der Waals surface area (Å²) in [5, 5.41) is 11.0. The summed E-state index contributed by atoms with van der Waals surface area (Å²) in [6, 6.07) is 6.49. The Morgan fingerprint density at radius 3 is 2.69 bits per heavy atom. The number of nitrogens with one attached hydrogen (secondary N) is 3. The standard InChI is InChI=1S/C22H26N6O2S2/c1-31-17-10-23-21(24-11-17)26-14-3-4-15(9-14)27-22-28-18-5-2-13(8-19(18)32-22)20(29)25-16-6-7-30-12-16/h2,5,8,10-11,14-16H,3-4,6-7,9,12H2,1H3,(H,25,29)(H,27,28)(H,23,24,26)/t14-,15-,16?/m0/s1. The van der Waals surface area contributed by atoms with Gasteiger partial charge in [0.2, 0.25) is 5.95 Å². The molecule has 2 aromatic heterocycles. The molecule has 5 rings (SSSR count). The normalized spacial score (nSPS) is 22.8. The second-order valence-corrected chi connectivity index (χ2v) is 10.1. The molecule has 0 bridgehead atoms. The Kier molecular flexibility index (Phi) is 6.42. The van der Waals surface area contributed by atoms with Crippen LogP contribution in [0.25, 0.3) is 10.2 Å². The Hall–Kier alpha value is -2.43. The van der Waals surface area contributed by atoms with E-state index in [0.717, 1.165) is 45.9 Å². The van der Waals surface area contributed by atoms with Gasteiger partial charge in [0.15, 0.2) is 5.13 Å². The predicted octanol–water partition coefficient (Wildman–Crippen LogP) is 3.77.